The van der Waals surface area contributed by atoms with Gasteiger partial charge in [-0.3, -0.25) is 4.79 Å². The van der Waals surface area contributed by atoms with Crippen LogP contribution in [0.3, 0.4) is 0 Å². The molecule has 0 radical (unpaired) electrons. The second-order valence-electron chi connectivity index (χ2n) is 6.51. The van der Waals surface area contributed by atoms with Gasteiger partial charge in [0.25, 0.3) is 5.91 Å². The average Bonchev–Trinajstić information content (AvgIpc) is 2.63. The number of thiol groups is 1. The first kappa shape index (κ1) is 20.6. The number of carbonyl (C=O) groups excluding carboxylic acids is 1. The number of primary amides is 1. The minimum absolute atomic E-state index is 0.330. The lowest BCUT2D eigenvalue weighted by molar-refractivity contribution is 0.100. The Morgan fingerprint density at radius 1 is 0.889 bits per heavy atom. The number of hydrogen-bond acceptors (Lipinski definition) is 4. The molecule has 3 rings (SSSR count). The first-order valence-corrected chi connectivity index (χ1v) is 9.08. The molecule has 0 atom stereocenters. The van der Waals surface area contributed by atoms with Gasteiger partial charge in [0.2, 0.25) is 0 Å². The van der Waals surface area contributed by atoms with Gasteiger partial charge in [-0.15, -0.1) is 12.6 Å². The van der Waals surface area contributed by atoms with Crippen molar-refractivity contribution in [1.82, 2.24) is 0 Å². The fourth-order valence-electron chi connectivity index (χ4n) is 2.53. The molecule has 0 heterocycles. The molecule has 0 unspecified atom stereocenters. The minimum atomic E-state index is -0.535. The van der Waals surface area contributed by atoms with Crippen LogP contribution in [0.4, 0.5) is 5.69 Å². The molecule has 0 aliphatic heterocycles. The second kappa shape index (κ2) is 9.26. The normalized spacial score (nSPS) is 10.3. The number of nitrogen functional groups attached to an aromatic ring is 1. The van der Waals surface area contributed by atoms with Gasteiger partial charge in [0, 0.05) is 10.5 Å². The Labute approximate surface area is 165 Å². The Morgan fingerprint density at radius 3 is 1.96 bits per heavy atom. The van der Waals surface area contributed by atoms with Crippen LogP contribution < -0.4 is 17.2 Å². The predicted molar refractivity (Wildman–Crippen MR) is 117 cm³/mol. The molecular weight excluding hydrogens is 354 g/mol. The summed E-state index contributed by atoms with van der Waals surface area (Å²) in [6, 6.07) is 21.5. The molecule has 5 heteroatoms. The average molecular weight is 380 g/mol. The molecule has 3 aromatic carbocycles. The SMILES string of the molecule is CC(C)N.NC(=O)c1cc(-c2ccccc2)cc(-c2ccc(S)cc2)c1N. The van der Waals surface area contributed by atoms with Gasteiger partial charge in [-0.25, -0.2) is 0 Å². The number of rotatable bonds is 3. The molecule has 0 spiro atoms. The third kappa shape index (κ3) is 5.61. The fourth-order valence-corrected chi connectivity index (χ4v) is 2.68. The highest BCUT2D eigenvalue weighted by Crippen LogP contribution is 2.34. The summed E-state index contributed by atoms with van der Waals surface area (Å²) in [5.74, 6) is -0.535. The quantitative estimate of drug-likeness (QED) is 0.402. The lowest BCUT2D eigenvalue weighted by Crippen LogP contribution is -2.14. The number of amides is 1. The molecule has 0 saturated carbocycles. The van der Waals surface area contributed by atoms with Crippen LogP contribution in [-0.2, 0) is 0 Å². The Bertz CT molecular complexity index is 904. The zero-order valence-corrected chi connectivity index (χ0v) is 16.4. The van der Waals surface area contributed by atoms with Gasteiger partial charge >= 0.3 is 0 Å². The molecule has 27 heavy (non-hydrogen) atoms. The molecular formula is C22H25N3OS. The van der Waals surface area contributed by atoms with Gasteiger partial charge in [-0.2, -0.15) is 0 Å². The van der Waals surface area contributed by atoms with Gasteiger partial charge in [0.05, 0.1) is 11.3 Å². The summed E-state index contributed by atoms with van der Waals surface area (Å²) in [5.41, 5.74) is 21.1. The molecule has 3 aromatic rings. The van der Waals surface area contributed by atoms with E-state index in [1.54, 1.807) is 6.07 Å². The monoisotopic (exact) mass is 379 g/mol. The van der Waals surface area contributed by atoms with Crippen molar-refractivity contribution in [3.05, 3.63) is 72.3 Å². The molecule has 140 valence electrons. The van der Waals surface area contributed by atoms with E-state index in [0.29, 0.717) is 17.3 Å². The summed E-state index contributed by atoms with van der Waals surface area (Å²) in [7, 11) is 0. The van der Waals surface area contributed by atoms with E-state index in [9.17, 15) is 4.79 Å². The Morgan fingerprint density at radius 2 is 1.44 bits per heavy atom. The molecule has 0 aliphatic carbocycles. The van der Waals surface area contributed by atoms with E-state index < -0.39 is 5.91 Å². The van der Waals surface area contributed by atoms with Gasteiger partial charge < -0.3 is 17.2 Å². The van der Waals surface area contributed by atoms with E-state index in [1.807, 2.05) is 74.5 Å². The number of nitrogens with two attached hydrogens (primary N) is 3. The van der Waals surface area contributed by atoms with Crippen LogP contribution in [0.1, 0.15) is 24.2 Å². The number of hydrogen-bond donors (Lipinski definition) is 4. The maximum absolute atomic E-state index is 11.8. The summed E-state index contributed by atoms with van der Waals surface area (Å²) in [5, 5.41) is 0. The molecule has 0 aromatic heterocycles. The molecule has 0 aliphatic rings. The van der Waals surface area contributed by atoms with Gasteiger partial charge in [0.1, 0.15) is 0 Å². The van der Waals surface area contributed by atoms with E-state index >= 15 is 0 Å². The van der Waals surface area contributed by atoms with Crippen LogP contribution in [0, 0.1) is 0 Å². The lowest BCUT2D eigenvalue weighted by atomic mass is 9.94. The molecule has 6 N–H and O–H groups in total. The van der Waals surface area contributed by atoms with Crippen LogP contribution >= 0.6 is 12.6 Å². The van der Waals surface area contributed by atoms with Crippen LogP contribution in [0.15, 0.2) is 71.6 Å². The third-order valence-electron chi connectivity index (χ3n) is 3.73. The molecule has 0 fully saturated rings. The zero-order valence-electron chi connectivity index (χ0n) is 15.5. The van der Waals surface area contributed by atoms with Crippen molar-refractivity contribution in [3.8, 4) is 22.3 Å². The van der Waals surface area contributed by atoms with Crippen LogP contribution in [0.25, 0.3) is 22.3 Å². The van der Waals surface area contributed by atoms with E-state index in [2.05, 4.69) is 12.6 Å². The molecule has 0 bridgehead atoms. The minimum Gasteiger partial charge on any atom is -0.398 e. The Hall–Kier alpha value is -2.76. The number of carbonyl (C=O) groups is 1. The zero-order chi connectivity index (χ0) is 20.0. The summed E-state index contributed by atoms with van der Waals surface area (Å²) in [4.78, 5) is 12.6. The van der Waals surface area contributed by atoms with Gasteiger partial charge in [-0.05, 0) is 47.0 Å². The van der Waals surface area contributed by atoms with Crippen molar-refractivity contribution in [2.24, 2.45) is 11.5 Å². The van der Waals surface area contributed by atoms with Crippen molar-refractivity contribution in [2.45, 2.75) is 24.8 Å². The fraction of sp³-hybridized carbons (Fsp3) is 0.136. The van der Waals surface area contributed by atoms with Crippen LogP contribution in [0.2, 0.25) is 0 Å². The molecule has 1 amide bonds. The third-order valence-corrected chi connectivity index (χ3v) is 4.03. The molecule has 4 nitrogen and oxygen atoms in total. The van der Waals surface area contributed by atoms with E-state index in [4.69, 9.17) is 17.2 Å². The maximum atomic E-state index is 11.8. The smallest absolute Gasteiger partial charge is 0.250 e. The van der Waals surface area contributed by atoms with Crippen molar-refractivity contribution in [3.63, 3.8) is 0 Å². The first-order valence-electron chi connectivity index (χ1n) is 8.63. The number of benzene rings is 3. The van der Waals surface area contributed by atoms with Gasteiger partial charge in [-0.1, -0.05) is 56.3 Å². The predicted octanol–water partition coefficient (Wildman–Crippen LogP) is 4.34. The first-order chi connectivity index (χ1) is 12.8. The maximum Gasteiger partial charge on any atom is 0.250 e. The highest BCUT2D eigenvalue weighted by molar-refractivity contribution is 7.80. The topological polar surface area (TPSA) is 95.1 Å². The highest BCUT2D eigenvalue weighted by Gasteiger charge is 2.14. The summed E-state index contributed by atoms with van der Waals surface area (Å²) >= 11 is 4.30. The lowest BCUT2D eigenvalue weighted by Gasteiger charge is -2.13. The second-order valence-corrected chi connectivity index (χ2v) is 7.02. The largest absolute Gasteiger partial charge is 0.398 e. The van der Waals surface area contributed by atoms with E-state index in [0.717, 1.165) is 27.1 Å². The van der Waals surface area contributed by atoms with Crippen LogP contribution in [0.5, 0.6) is 0 Å². The van der Waals surface area contributed by atoms with Crippen molar-refractivity contribution in [2.75, 3.05) is 5.73 Å². The summed E-state index contributed by atoms with van der Waals surface area (Å²) < 4.78 is 0. The van der Waals surface area contributed by atoms with Crippen LogP contribution in [-0.4, -0.2) is 11.9 Å². The molecule has 0 saturated heterocycles. The number of anilines is 1. The van der Waals surface area contributed by atoms with Crippen molar-refractivity contribution < 1.29 is 4.79 Å². The Balaban J connectivity index is 0.000000596. The van der Waals surface area contributed by atoms with Crippen molar-refractivity contribution >= 4 is 24.2 Å². The summed E-state index contributed by atoms with van der Waals surface area (Å²) in [6.07, 6.45) is 0. The Kier molecular flexibility index (Phi) is 7.05. The van der Waals surface area contributed by atoms with Gasteiger partial charge in [0.15, 0.2) is 0 Å². The standard InChI is InChI=1S/C19H16N2OS.C3H9N/c20-18-16(13-6-8-15(23)9-7-13)10-14(11-17(18)19(21)22)12-4-2-1-3-5-12;1-3(2)4/h1-11,23H,20H2,(H2,21,22);3H,4H2,1-2H3. The summed E-state index contributed by atoms with van der Waals surface area (Å²) in [6.45, 7) is 3.89. The van der Waals surface area contributed by atoms with Crippen molar-refractivity contribution in [1.29, 1.82) is 0 Å². The highest BCUT2D eigenvalue weighted by atomic mass is 32.1. The van der Waals surface area contributed by atoms with E-state index in [1.165, 1.54) is 0 Å². The van der Waals surface area contributed by atoms with E-state index in [-0.39, 0.29) is 0 Å².